The van der Waals surface area contributed by atoms with E-state index in [0.29, 0.717) is 34.3 Å². The molecule has 0 bridgehead atoms. The molecule has 0 aliphatic rings. The highest BCUT2D eigenvalue weighted by Gasteiger charge is 2.11. The minimum Gasteiger partial charge on any atom is -0.485 e. The van der Waals surface area contributed by atoms with Crippen LogP contribution in [0.3, 0.4) is 0 Å². The smallest absolute Gasteiger partial charge is 0.287 e. The average molecular weight is 419 g/mol. The third kappa shape index (κ3) is 4.75. The van der Waals surface area contributed by atoms with Gasteiger partial charge in [0.2, 0.25) is 0 Å². The van der Waals surface area contributed by atoms with Crippen LogP contribution in [0.2, 0.25) is 0 Å². The molecule has 0 aliphatic carbocycles. The third-order valence-electron chi connectivity index (χ3n) is 4.51. The maximum absolute atomic E-state index is 12.4. The summed E-state index contributed by atoms with van der Waals surface area (Å²) in [6, 6.07) is 17.6. The van der Waals surface area contributed by atoms with Gasteiger partial charge in [0.1, 0.15) is 23.9 Å². The van der Waals surface area contributed by atoms with E-state index in [2.05, 4.69) is 10.3 Å². The van der Waals surface area contributed by atoms with Gasteiger partial charge in [-0.05, 0) is 37.6 Å². The Hall–Kier alpha value is -4.07. The van der Waals surface area contributed by atoms with Gasteiger partial charge in [0.25, 0.3) is 11.5 Å². The van der Waals surface area contributed by atoms with Crippen molar-refractivity contribution in [2.24, 2.45) is 0 Å². The molecule has 2 heterocycles. The first-order valence-corrected chi connectivity index (χ1v) is 9.69. The molecule has 1 amide bonds. The maximum Gasteiger partial charge on any atom is 0.287 e. The van der Waals surface area contributed by atoms with Gasteiger partial charge in [-0.3, -0.25) is 9.59 Å². The number of hydrogen-bond acceptors (Lipinski definition) is 6. The summed E-state index contributed by atoms with van der Waals surface area (Å²) in [6.07, 6.45) is 0. The second-order valence-corrected chi connectivity index (χ2v) is 6.97. The molecule has 0 spiro atoms. The topological polar surface area (TPSA) is 95.1 Å². The van der Waals surface area contributed by atoms with Crippen LogP contribution in [0.5, 0.6) is 11.5 Å². The zero-order valence-electron chi connectivity index (χ0n) is 17.1. The van der Waals surface area contributed by atoms with E-state index in [1.54, 1.807) is 37.3 Å². The van der Waals surface area contributed by atoms with E-state index in [1.807, 2.05) is 31.2 Å². The monoisotopic (exact) mass is 419 g/mol. The molecule has 8 nitrogen and oxygen atoms in total. The molecule has 158 valence electrons. The molecule has 0 fully saturated rings. The number of nitrogens with one attached hydrogen (secondary N) is 1. The van der Waals surface area contributed by atoms with E-state index in [1.165, 1.54) is 6.07 Å². The highest BCUT2D eigenvalue weighted by molar-refractivity contribution is 5.93. The van der Waals surface area contributed by atoms with E-state index in [-0.39, 0.29) is 24.7 Å². The van der Waals surface area contributed by atoms with Crippen LogP contribution < -0.4 is 20.3 Å². The van der Waals surface area contributed by atoms with Crippen LogP contribution in [-0.4, -0.2) is 22.1 Å². The van der Waals surface area contributed by atoms with Crippen molar-refractivity contribution in [3.05, 3.63) is 88.0 Å². The molecular weight excluding hydrogens is 398 g/mol. The lowest BCUT2D eigenvalue weighted by Gasteiger charge is -2.13. The Labute approximate surface area is 178 Å². The van der Waals surface area contributed by atoms with Crippen molar-refractivity contribution in [3.8, 4) is 11.5 Å². The largest absolute Gasteiger partial charge is 0.485 e. The Balaban J connectivity index is 1.42. The lowest BCUT2D eigenvalue weighted by atomic mass is 10.2. The number of anilines is 1. The Morgan fingerprint density at radius 2 is 1.77 bits per heavy atom. The molecule has 4 aromatic rings. The normalized spacial score (nSPS) is 10.8. The quantitative estimate of drug-likeness (QED) is 0.493. The van der Waals surface area contributed by atoms with Gasteiger partial charge < -0.3 is 19.3 Å². The highest BCUT2D eigenvalue weighted by atomic mass is 16.5. The van der Waals surface area contributed by atoms with E-state index >= 15 is 0 Å². The summed E-state index contributed by atoms with van der Waals surface area (Å²) >= 11 is 0. The first-order valence-electron chi connectivity index (χ1n) is 9.69. The standard InChI is InChI=1S/C23H21N3O5/c1-15-7-3-5-9-19(15)30-14-22(27)25-18-8-4-6-10-20(18)29-13-17-12-23(28)26-21(24-17)11-16(2)31-26/h3-12H,13-14H2,1-2H3,(H,25,27). The molecule has 0 radical (unpaired) electrons. The van der Waals surface area contributed by atoms with Crippen molar-refractivity contribution >= 4 is 17.2 Å². The molecule has 0 unspecified atom stereocenters. The number of amides is 1. The molecule has 4 rings (SSSR count). The average Bonchev–Trinajstić information content (AvgIpc) is 3.13. The number of rotatable bonds is 7. The van der Waals surface area contributed by atoms with Crippen molar-refractivity contribution in [1.82, 2.24) is 9.56 Å². The number of benzene rings is 2. The fourth-order valence-corrected chi connectivity index (χ4v) is 3.04. The third-order valence-corrected chi connectivity index (χ3v) is 4.51. The van der Waals surface area contributed by atoms with E-state index in [0.717, 1.165) is 10.1 Å². The van der Waals surface area contributed by atoms with Crippen molar-refractivity contribution in [1.29, 1.82) is 0 Å². The second-order valence-electron chi connectivity index (χ2n) is 6.97. The van der Waals surface area contributed by atoms with Crippen LogP contribution in [0.15, 0.2) is 70.0 Å². The first-order chi connectivity index (χ1) is 15.0. The van der Waals surface area contributed by atoms with Crippen LogP contribution in [0.1, 0.15) is 17.0 Å². The molecule has 0 aliphatic heterocycles. The number of fused-ring (bicyclic) bond motifs is 1. The molecular formula is C23H21N3O5. The van der Waals surface area contributed by atoms with Gasteiger partial charge >= 0.3 is 0 Å². The molecule has 0 saturated heterocycles. The summed E-state index contributed by atoms with van der Waals surface area (Å²) in [6.45, 7) is 3.58. The van der Waals surface area contributed by atoms with Crippen LogP contribution >= 0.6 is 0 Å². The Morgan fingerprint density at radius 1 is 1.03 bits per heavy atom. The minimum absolute atomic E-state index is 0.0581. The van der Waals surface area contributed by atoms with Gasteiger partial charge in [-0.1, -0.05) is 30.3 Å². The summed E-state index contributed by atoms with van der Waals surface area (Å²) in [5, 5.41) is 2.79. The molecule has 2 aromatic carbocycles. The second kappa shape index (κ2) is 8.74. The van der Waals surface area contributed by atoms with Crippen LogP contribution in [-0.2, 0) is 11.4 Å². The Bertz CT molecular complexity index is 1290. The number of ether oxygens (including phenoxy) is 2. The molecule has 8 heteroatoms. The van der Waals surface area contributed by atoms with E-state index < -0.39 is 0 Å². The maximum atomic E-state index is 12.4. The molecule has 2 aromatic heterocycles. The number of aromatic nitrogens is 2. The van der Waals surface area contributed by atoms with Crippen molar-refractivity contribution in [2.45, 2.75) is 20.5 Å². The van der Waals surface area contributed by atoms with Gasteiger partial charge in [-0.25, -0.2) is 4.98 Å². The summed E-state index contributed by atoms with van der Waals surface area (Å²) in [5.41, 5.74) is 1.99. The van der Waals surface area contributed by atoms with Crippen molar-refractivity contribution in [3.63, 3.8) is 0 Å². The Morgan fingerprint density at radius 3 is 2.58 bits per heavy atom. The summed E-state index contributed by atoms with van der Waals surface area (Å²) in [7, 11) is 0. The van der Waals surface area contributed by atoms with Crippen molar-refractivity contribution < 1.29 is 18.8 Å². The number of aryl methyl sites for hydroxylation is 2. The van der Waals surface area contributed by atoms with Crippen molar-refractivity contribution in [2.75, 3.05) is 11.9 Å². The first kappa shape index (κ1) is 20.2. The lowest BCUT2D eigenvalue weighted by molar-refractivity contribution is -0.118. The predicted molar refractivity (Wildman–Crippen MR) is 115 cm³/mol. The fourth-order valence-electron chi connectivity index (χ4n) is 3.04. The molecule has 0 atom stereocenters. The predicted octanol–water partition coefficient (Wildman–Crippen LogP) is 3.50. The molecule has 0 saturated carbocycles. The Kier molecular flexibility index (Phi) is 5.70. The van der Waals surface area contributed by atoms with Gasteiger partial charge in [0.15, 0.2) is 12.3 Å². The lowest BCUT2D eigenvalue weighted by Crippen LogP contribution is -2.21. The van der Waals surface area contributed by atoms with Crippen LogP contribution in [0, 0.1) is 13.8 Å². The van der Waals surface area contributed by atoms with Gasteiger partial charge in [-0.2, -0.15) is 0 Å². The zero-order chi connectivity index (χ0) is 21.8. The SMILES string of the molecule is Cc1cc2nc(COc3ccccc3NC(=O)COc3ccccc3C)cc(=O)n2o1. The van der Waals surface area contributed by atoms with Crippen LogP contribution in [0.4, 0.5) is 5.69 Å². The molecule has 31 heavy (non-hydrogen) atoms. The van der Waals surface area contributed by atoms with E-state index in [9.17, 15) is 9.59 Å². The minimum atomic E-state index is -0.327. The summed E-state index contributed by atoms with van der Waals surface area (Å²) in [5.74, 6) is 1.39. The fraction of sp³-hybridized carbons (Fsp3) is 0.174. The number of hydrogen-bond donors (Lipinski definition) is 1. The van der Waals surface area contributed by atoms with Crippen LogP contribution in [0.25, 0.3) is 5.65 Å². The molecule has 1 N–H and O–H groups in total. The number of para-hydroxylation sites is 3. The number of carbonyl (C=O) groups is 1. The summed E-state index contributed by atoms with van der Waals surface area (Å²) < 4.78 is 17.8. The number of nitrogens with zero attached hydrogens (tertiary/aromatic N) is 2. The summed E-state index contributed by atoms with van der Waals surface area (Å²) in [4.78, 5) is 28.9. The highest BCUT2D eigenvalue weighted by Crippen LogP contribution is 2.25. The number of carbonyl (C=O) groups excluding carboxylic acids is 1. The van der Waals surface area contributed by atoms with E-state index in [4.69, 9.17) is 14.0 Å². The van der Waals surface area contributed by atoms with Gasteiger partial charge in [0.05, 0.1) is 11.4 Å². The zero-order valence-corrected chi connectivity index (χ0v) is 17.1. The van der Waals surface area contributed by atoms with Gasteiger partial charge in [-0.15, -0.1) is 4.57 Å². The van der Waals surface area contributed by atoms with Gasteiger partial charge in [0, 0.05) is 12.1 Å².